The summed E-state index contributed by atoms with van der Waals surface area (Å²) in [6, 6.07) is 0. The third-order valence-electron chi connectivity index (χ3n) is 2.92. The van der Waals surface area contributed by atoms with Gasteiger partial charge in [-0.2, -0.15) is 0 Å². The van der Waals surface area contributed by atoms with Gasteiger partial charge in [-0.15, -0.1) is 11.3 Å². The van der Waals surface area contributed by atoms with E-state index in [1.807, 2.05) is 0 Å². The van der Waals surface area contributed by atoms with Gasteiger partial charge in [0.15, 0.2) is 0 Å². The van der Waals surface area contributed by atoms with E-state index in [0.29, 0.717) is 0 Å². The molecule has 1 atom stereocenters. The lowest BCUT2D eigenvalue weighted by Crippen LogP contribution is -2.21. The largest absolute Gasteiger partial charge is 0.380 e. The molecule has 1 aliphatic rings. The molecule has 3 nitrogen and oxygen atoms in total. The summed E-state index contributed by atoms with van der Waals surface area (Å²) in [5.74, 6) is 0. The maximum absolute atomic E-state index is 5.49. The average molecular weight is 226 g/mol. The molecule has 1 unspecified atom stereocenters. The maximum atomic E-state index is 5.49. The van der Waals surface area contributed by atoms with Gasteiger partial charge in [0.05, 0.1) is 12.3 Å². The fraction of sp³-hybridized carbons (Fsp3) is 0.727. The smallest absolute Gasteiger partial charge is 0.101 e. The Kier molecular flexibility index (Phi) is 3.38. The van der Waals surface area contributed by atoms with Crippen molar-refractivity contribution in [2.45, 2.75) is 31.6 Å². The van der Waals surface area contributed by atoms with Crippen LogP contribution in [0.15, 0.2) is 5.38 Å². The second-order valence-corrected chi connectivity index (χ2v) is 5.26. The highest BCUT2D eigenvalue weighted by Gasteiger charge is 2.34. The van der Waals surface area contributed by atoms with E-state index in [4.69, 9.17) is 10.5 Å². The normalized spacial score (nSPS) is 26.0. The van der Waals surface area contributed by atoms with Crippen LogP contribution in [-0.2, 0) is 16.6 Å². The monoisotopic (exact) mass is 226 g/mol. The molecule has 1 aromatic heterocycles. The number of ether oxygens (including phenoxy) is 1. The van der Waals surface area contributed by atoms with Crippen LogP contribution < -0.4 is 5.73 Å². The topological polar surface area (TPSA) is 48.1 Å². The number of nitrogens with zero attached hydrogens (tertiary/aromatic N) is 1. The molecular weight excluding hydrogens is 208 g/mol. The first-order valence-electron chi connectivity index (χ1n) is 5.47. The van der Waals surface area contributed by atoms with Gasteiger partial charge >= 0.3 is 0 Å². The average Bonchev–Trinajstić information content (AvgIpc) is 2.84. The highest BCUT2D eigenvalue weighted by atomic mass is 32.1. The summed E-state index contributed by atoms with van der Waals surface area (Å²) in [7, 11) is 0. The summed E-state index contributed by atoms with van der Waals surface area (Å²) < 4.78 is 5.45. The Labute approximate surface area is 94.7 Å². The van der Waals surface area contributed by atoms with Crippen molar-refractivity contribution < 1.29 is 4.74 Å². The van der Waals surface area contributed by atoms with Crippen molar-refractivity contribution in [3.8, 4) is 0 Å². The van der Waals surface area contributed by atoms with Crippen molar-refractivity contribution in [1.29, 1.82) is 0 Å². The molecule has 0 aliphatic carbocycles. The van der Waals surface area contributed by atoms with Crippen LogP contribution in [-0.4, -0.2) is 24.7 Å². The van der Waals surface area contributed by atoms with E-state index in [1.165, 1.54) is 10.7 Å². The molecule has 0 saturated carbocycles. The van der Waals surface area contributed by atoms with Crippen molar-refractivity contribution in [3.63, 3.8) is 0 Å². The molecule has 1 aromatic rings. The second-order valence-electron chi connectivity index (χ2n) is 4.40. The van der Waals surface area contributed by atoms with Gasteiger partial charge in [0.25, 0.3) is 0 Å². The van der Waals surface area contributed by atoms with Crippen LogP contribution in [0.3, 0.4) is 0 Å². The lowest BCUT2D eigenvalue weighted by Gasteiger charge is -2.17. The van der Waals surface area contributed by atoms with Gasteiger partial charge in [0.1, 0.15) is 5.01 Å². The van der Waals surface area contributed by atoms with Crippen molar-refractivity contribution in [1.82, 2.24) is 4.98 Å². The van der Waals surface area contributed by atoms with Crippen molar-refractivity contribution >= 4 is 11.3 Å². The van der Waals surface area contributed by atoms with Gasteiger partial charge in [-0.05, 0) is 25.8 Å². The van der Waals surface area contributed by atoms with E-state index in [9.17, 15) is 0 Å². The second kappa shape index (κ2) is 4.60. The van der Waals surface area contributed by atoms with E-state index in [2.05, 4.69) is 17.3 Å². The van der Waals surface area contributed by atoms with Gasteiger partial charge in [-0.1, -0.05) is 6.92 Å². The highest BCUT2D eigenvalue weighted by Crippen LogP contribution is 2.34. The fourth-order valence-corrected chi connectivity index (χ4v) is 2.85. The summed E-state index contributed by atoms with van der Waals surface area (Å²) in [5, 5.41) is 3.39. The maximum Gasteiger partial charge on any atom is 0.101 e. The molecule has 0 bridgehead atoms. The van der Waals surface area contributed by atoms with E-state index in [0.717, 1.165) is 39.0 Å². The molecule has 1 saturated heterocycles. The standard InChI is InChI=1S/C11H18N2OS/c1-11(4-6-14-8-11)10-13-9(7-15-10)3-2-5-12/h7H,2-6,8,12H2,1H3. The van der Waals surface area contributed by atoms with Crippen LogP contribution in [0.1, 0.15) is 30.5 Å². The summed E-state index contributed by atoms with van der Waals surface area (Å²) in [4.78, 5) is 4.68. The van der Waals surface area contributed by atoms with Crippen LogP contribution in [0.4, 0.5) is 0 Å². The predicted molar refractivity (Wildman–Crippen MR) is 62.3 cm³/mol. The minimum atomic E-state index is 0.158. The zero-order valence-electron chi connectivity index (χ0n) is 9.16. The van der Waals surface area contributed by atoms with Crippen LogP contribution in [0.5, 0.6) is 0 Å². The molecule has 84 valence electrons. The summed E-state index contributed by atoms with van der Waals surface area (Å²) in [5.41, 5.74) is 6.83. The van der Waals surface area contributed by atoms with E-state index in [-0.39, 0.29) is 5.41 Å². The zero-order chi connectivity index (χ0) is 10.7. The molecule has 1 fully saturated rings. The number of aryl methyl sites for hydroxylation is 1. The van der Waals surface area contributed by atoms with Gasteiger partial charge in [-0.3, -0.25) is 0 Å². The molecule has 0 amide bonds. The first-order chi connectivity index (χ1) is 7.24. The third-order valence-corrected chi connectivity index (χ3v) is 4.12. The van der Waals surface area contributed by atoms with Crippen LogP contribution in [0.25, 0.3) is 0 Å². The zero-order valence-corrected chi connectivity index (χ0v) is 9.98. The lowest BCUT2D eigenvalue weighted by atomic mass is 9.91. The van der Waals surface area contributed by atoms with Crippen LogP contribution in [0, 0.1) is 0 Å². The lowest BCUT2D eigenvalue weighted by molar-refractivity contribution is 0.180. The van der Waals surface area contributed by atoms with Crippen molar-refractivity contribution in [2.24, 2.45) is 5.73 Å². The molecule has 2 rings (SSSR count). The molecular formula is C11H18N2OS. The van der Waals surface area contributed by atoms with Crippen LogP contribution in [0.2, 0.25) is 0 Å². The summed E-state index contributed by atoms with van der Waals surface area (Å²) in [6.07, 6.45) is 3.12. The highest BCUT2D eigenvalue weighted by molar-refractivity contribution is 7.09. The number of thiazole rings is 1. The SMILES string of the molecule is CC1(c2nc(CCCN)cs2)CCOC1. The van der Waals surface area contributed by atoms with E-state index in [1.54, 1.807) is 11.3 Å². The van der Waals surface area contributed by atoms with Crippen LogP contribution >= 0.6 is 11.3 Å². The van der Waals surface area contributed by atoms with Crippen molar-refractivity contribution in [2.75, 3.05) is 19.8 Å². The molecule has 0 radical (unpaired) electrons. The number of aromatic nitrogens is 1. The third kappa shape index (κ3) is 2.38. The van der Waals surface area contributed by atoms with Gasteiger partial charge < -0.3 is 10.5 Å². The minimum absolute atomic E-state index is 0.158. The van der Waals surface area contributed by atoms with Gasteiger partial charge in [-0.25, -0.2) is 4.98 Å². The fourth-order valence-electron chi connectivity index (χ4n) is 1.82. The van der Waals surface area contributed by atoms with E-state index >= 15 is 0 Å². The number of rotatable bonds is 4. The molecule has 15 heavy (non-hydrogen) atoms. The molecule has 4 heteroatoms. The Morgan fingerprint density at radius 1 is 1.67 bits per heavy atom. The Bertz CT molecular complexity index is 318. The number of hydrogen-bond acceptors (Lipinski definition) is 4. The molecule has 1 aliphatic heterocycles. The number of hydrogen-bond donors (Lipinski definition) is 1. The molecule has 0 spiro atoms. The number of nitrogens with two attached hydrogens (primary N) is 1. The Morgan fingerprint density at radius 2 is 2.53 bits per heavy atom. The minimum Gasteiger partial charge on any atom is -0.380 e. The Morgan fingerprint density at radius 3 is 3.20 bits per heavy atom. The van der Waals surface area contributed by atoms with E-state index < -0.39 is 0 Å². The predicted octanol–water partition coefficient (Wildman–Crippen LogP) is 1.71. The summed E-state index contributed by atoms with van der Waals surface area (Å²) >= 11 is 1.76. The molecule has 2 N–H and O–H groups in total. The quantitative estimate of drug-likeness (QED) is 0.850. The molecule has 0 aromatic carbocycles. The Hall–Kier alpha value is -0.450. The first-order valence-corrected chi connectivity index (χ1v) is 6.35. The Balaban J connectivity index is 2.05. The van der Waals surface area contributed by atoms with Gasteiger partial charge in [0, 0.05) is 17.4 Å². The van der Waals surface area contributed by atoms with Crippen molar-refractivity contribution in [3.05, 3.63) is 16.1 Å². The van der Waals surface area contributed by atoms with Gasteiger partial charge in [0.2, 0.25) is 0 Å². The molecule has 2 heterocycles. The summed E-state index contributed by atoms with van der Waals surface area (Å²) in [6.45, 7) is 4.67. The first kappa shape index (κ1) is 11.0.